The molecule has 0 saturated carbocycles. The first-order valence-electron chi connectivity index (χ1n) is 12.1. The van der Waals surface area contributed by atoms with Crippen molar-refractivity contribution in [2.75, 3.05) is 29.9 Å². The van der Waals surface area contributed by atoms with E-state index in [1.165, 1.54) is 12.1 Å². The number of amides is 3. The number of benzene rings is 2. The number of hydrogen-bond acceptors (Lipinski definition) is 6. The van der Waals surface area contributed by atoms with Crippen LogP contribution in [0.5, 0.6) is 0 Å². The molecule has 0 spiro atoms. The Hall–Kier alpha value is -3.65. The lowest BCUT2D eigenvalue weighted by atomic mass is 10.1. The van der Waals surface area contributed by atoms with E-state index >= 15 is 0 Å². The maximum absolute atomic E-state index is 13.2. The van der Waals surface area contributed by atoms with Gasteiger partial charge in [0.05, 0.1) is 17.9 Å². The topological polar surface area (TPSA) is 96.0 Å². The first-order valence-corrected chi connectivity index (χ1v) is 12.5. The molecule has 188 valence electrons. The van der Waals surface area contributed by atoms with Crippen LogP contribution in [0.1, 0.15) is 59.7 Å². The monoisotopic (exact) mass is 509 g/mol. The van der Waals surface area contributed by atoms with Crippen LogP contribution in [0.25, 0.3) is 0 Å². The van der Waals surface area contributed by atoms with Crippen LogP contribution in [0.15, 0.2) is 59.3 Å². The van der Waals surface area contributed by atoms with Gasteiger partial charge in [0.15, 0.2) is 0 Å². The van der Waals surface area contributed by atoms with Crippen molar-refractivity contribution in [2.45, 2.75) is 39.0 Å². The summed E-state index contributed by atoms with van der Waals surface area (Å²) in [4.78, 5) is 54.2. The molecule has 0 atom stereocenters. The van der Waals surface area contributed by atoms with Gasteiger partial charge >= 0.3 is 5.97 Å². The Labute approximate surface area is 214 Å². The number of nitrogens with zero attached hydrogens (tertiary/aromatic N) is 2. The summed E-state index contributed by atoms with van der Waals surface area (Å²) in [6.45, 7) is 3.59. The van der Waals surface area contributed by atoms with Gasteiger partial charge in [-0.25, -0.2) is 9.69 Å². The second-order valence-corrected chi connectivity index (χ2v) is 9.07. The van der Waals surface area contributed by atoms with Crippen molar-refractivity contribution < 1.29 is 23.9 Å². The second kappa shape index (κ2) is 11.4. The van der Waals surface area contributed by atoms with Crippen LogP contribution in [0.3, 0.4) is 0 Å². The predicted molar refractivity (Wildman–Crippen MR) is 137 cm³/mol. The molecule has 1 saturated heterocycles. The number of imide groups is 1. The third-order valence-corrected chi connectivity index (χ3v) is 6.47. The lowest BCUT2D eigenvalue weighted by Gasteiger charge is -2.20. The minimum absolute atomic E-state index is 0.0226. The van der Waals surface area contributed by atoms with Gasteiger partial charge in [-0.05, 0) is 55.7 Å². The molecule has 0 aromatic heterocycles. The van der Waals surface area contributed by atoms with Gasteiger partial charge in [-0.2, -0.15) is 0 Å². The smallest absolute Gasteiger partial charge is 0.340 e. The van der Waals surface area contributed by atoms with Crippen molar-refractivity contribution in [1.29, 1.82) is 0 Å². The molecule has 0 radical (unpaired) electrons. The number of carbonyl (C=O) groups excluding carboxylic acids is 4. The zero-order valence-electron chi connectivity index (χ0n) is 20.1. The predicted octanol–water partition coefficient (Wildman–Crippen LogP) is 4.71. The third-order valence-electron chi connectivity index (χ3n) is 6.12. The summed E-state index contributed by atoms with van der Waals surface area (Å²) in [7, 11) is 0. The van der Waals surface area contributed by atoms with Crippen molar-refractivity contribution >= 4 is 46.7 Å². The first-order chi connectivity index (χ1) is 17.4. The Morgan fingerprint density at radius 3 is 2.28 bits per heavy atom. The van der Waals surface area contributed by atoms with Gasteiger partial charge in [-0.1, -0.05) is 43.5 Å². The van der Waals surface area contributed by atoms with Crippen LogP contribution < -0.4 is 10.2 Å². The summed E-state index contributed by atoms with van der Waals surface area (Å²) in [6, 6.07) is 12.9. The van der Waals surface area contributed by atoms with E-state index in [0.717, 1.165) is 43.7 Å². The Morgan fingerprint density at radius 1 is 0.944 bits per heavy atom. The van der Waals surface area contributed by atoms with Crippen molar-refractivity contribution in [3.63, 3.8) is 0 Å². The van der Waals surface area contributed by atoms with Crippen LogP contribution in [0.4, 0.5) is 11.4 Å². The normalized spacial score (nSPS) is 16.3. The van der Waals surface area contributed by atoms with E-state index in [9.17, 15) is 19.2 Å². The number of nitrogens with one attached hydrogen (secondary N) is 1. The molecule has 2 aromatic carbocycles. The number of rotatable bonds is 7. The fourth-order valence-electron chi connectivity index (χ4n) is 4.24. The van der Waals surface area contributed by atoms with Crippen LogP contribution in [-0.4, -0.2) is 48.3 Å². The van der Waals surface area contributed by atoms with E-state index in [-0.39, 0.29) is 34.5 Å². The summed E-state index contributed by atoms with van der Waals surface area (Å²) >= 11 is 6.26. The average molecular weight is 510 g/mol. The van der Waals surface area contributed by atoms with Gasteiger partial charge in [0.2, 0.25) is 0 Å². The molecule has 36 heavy (non-hydrogen) atoms. The van der Waals surface area contributed by atoms with E-state index in [1.807, 2.05) is 11.8 Å². The number of hydrogen-bond donors (Lipinski definition) is 1. The Bertz CT molecular complexity index is 1200. The van der Waals surface area contributed by atoms with Crippen molar-refractivity contribution in [3.05, 3.63) is 70.4 Å². The molecular formula is C27H28ClN3O5. The maximum atomic E-state index is 13.2. The standard InChI is InChI=1S/C27H28ClN3O5/c1-2-17-36-27(35)20-9-5-6-10-21(20)31-25(33)22(28)23(26(31)34)29-19-13-11-18(12-14-19)24(32)30-15-7-3-4-8-16-30/h5-6,9-14,29H,2-4,7-8,15-17H2,1H3. The molecule has 2 heterocycles. The van der Waals surface area contributed by atoms with E-state index in [4.69, 9.17) is 16.3 Å². The molecule has 0 aliphatic carbocycles. The van der Waals surface area contributed by atoms with Crippen LogP contribution in [0.2, 0.25) is 0 Å². The largest absolute Gasteiger partial charge is 0.462 e. The maximum Gasteiger partial charge on any atom is 0.340 e. The van der Waals surface area contributed by atoms with Crippen molar-refractivity contribution in [2.24, 2.45) is 0 Å². The fourth-order valence-corrected chi connectivity index (χ4v) is 4.45. The summed E-state index contributed by atoms with van der Waals surface area (Å²) in [5.74, 6) is -2.08. The zero-order valence-corrected chi connectivity index (χ0v) is 20.8. The minimum Gasteiger partial charge on any atom is -0.462 e. The molecule has 1 fully saturated rings. The summed E-state index contributed by atoms with van der Waals surface area (Å²) in [5.41, 5.74) is 1.13. The highest BCUT2D eigenvalue weighted by Gasteiger charge is 2.40. The molecule has 0 bridgehead atoms. The number of para-hydroxylation sites is 1. The van der Waals surface area contributed by atoms with Gasteiger partial charge < -0.3 is 15.0 Å². The van der Waals surface area contributed by atoms with E-state index in [0.29, 0.717) is 17.7 Å². The quantitative estimate of drug-likeness (QED) is 0.429. The molecule has 2 aromatic rings. The number of likely N-dealkylation sites (tertiary alicyclic amines) is 1. The van der Waals surface area contributed by atoms with Crippen molar-refractivity contribution in [1.82, 2.24) is 4.90 Å². The SMILES string of the molecule is CCCOC(=O)c1ccccc1N1C(=O)C(Cl)=C(Nc2ccc(C(=O)N3CCCCCC3)cc2)C1=O. The average Bonchev–Trinajstić information content (AvgIpc) is 3.09. The summed E-state index contributed by atoms with van der Waals surface area (Å²) < 4.78 is 5.20. The third kappa shape index (κ3) is 5.28. The van der Waals surface area contributed by atoms with Crippen molar-refractivity contribution in [3.8, 4) is 0 Å². The Morgan fingerprint density at radius 2 is 1.61 bits per heavy atom. The second-order valence-electron chi connectivity index (χ2n) is 8.70. The number of anilines is 2. The zero-order chi connectivity index (χ0) is 25.7. The summed E-state index contributed by atoms with van der Waals surface area (Å²) in [5, 5.41) is 2.61. The molecule has 2 aliphatic heterocycles. The fraction of sp³-hybridized carbons (Fsp3) is 0.333. The Kier molecular flexibility index (Phi) is 8.05. The lowest BCUT2D eigenvalue weighted by Crippen LogP contribution is -2.33. The Balaban J connectivity index is 1.51. The molecule has 4 rings (SSSR count). The van der Waals surface area contributed by atoms with Crippen LogP contribution in [-0.2, 0) is 14.3 Å². The number of ether oxygens (including phenoxy) is 1. The van der Waals surface area contributed by atoms with Crippen LogP contribution >= 0.6 is 11.6 Å². The molecule has 3 amide bonds. The van der Waals surface area contributed by atoms with E-state index in [1.54, 1.807) is 36.4 Å². The van der Waals surface area contributed by atoms with Gasteiger partial charge in [-0.3, -0.25) is 14.4 Å². The van der Waals surface area contributed by atoms with Gasteiger partial charge in [0.1, 0.15) is 10.7 Å². The first kappa shape index (κ1) is 25.4. The minimum atomic E-state index is -0.743. The lowest BCUT2D eigenvalue weighted by molar-refractivity contribution is -0.120. The van der Waals surface area contributed by atoms with Gasteiger partial charge in [0.25, 0.3) is 17.7 Å². The molecule has 2 aliphatic rings. The highest BCUT2D eigenvalue weighted by molar-refractivity contribution is 6.53. The molecule has 0 unspecified atom stereocenters. The highest BCUT2D eigenvalue weighted by atomic mass is 35.5. The van der Waals surface area contributed by atoms with E-state index in [2.05, 4.69) is 5.32 Å². The molecular weight excluding hydrogens is 482 g/mol. The number of esters is 1. The number of carbonyl (C=O) groups is 4. The molecule has 9 heteroatoms. The highest BCUT2D eigenvalue weighted by Crippen LogP contribution is 2.32. The van der Waals surface area contributed by atoms with E-state index < -0.39 is 17.8 Å². The summed E-state index contributed by atoms with van der Waals surface area (Å²) in [6.07, 6.45) is 4.92. The number of halogens is 1. The molecule has 8 nitrogen and oxygen atoms in total. The van der Waals surface area contributed by atoms with Gasteiger partial charge in [-0.15, -0.1) is 0 Å². The molecule has 1 N–H and O–H groups in total. The van der Waals surface area contributed by atoms with Gasteiger partial charge in [0, 0.05) is 24.3 Å². The van der Waals surface area contributed by atoms with Crippen LogP contribution in [0, 0.1) is 0 Å².